The molecule has 1 heterocycles. The van der Waals surface area contributed by atoms with Crippen LogP contribution in [-0.4, -0.2) is 27.2 Å². The van der Waals surface area contributed by atoms with E-state index in [0.29, 0.717) is 17.7 Å². The summed E-state index contributed by atoms with van der Waals surface area (Å²) in [5.41, 5.74) is 2.60. The van der Waals surface area contributed by atoms with E-state index in [2.05, 4.69) is 47.6 Å². The van der Waals surface area contributed by atoms with Crippen molar-refractivity contribution in [2.75, 3.05) is 6.54 Å². The second-order valence-electron chi connectivity index (χ2n) is 7.11. The number of hydrogen-bond acceptors (Lipinski definition) is 3. The average molecular weight is 344 g/mol. The molecule has 0 unspecified atom stereocenters. The van der Waals surface area contributed by atoms with Crippen molar-refractivity contribution in [3.8, 4) is 0 Å². The monoisotopic (exact) mass is 344 g/mol. The van der Waals surface area contributed by atoms with Crippen molar-refractivity contribution in [1.82, 2.24) is 20.1 Å². The summed E-state index contributed by atoms with van der Waals surface area (Å²) >= 11 is 5.10. The zero-order valence-corrected chi connectivity index (χ0v) is 15.2. The number of fused-ring (bicyclic) bond motifs is 1. The Bertz CT molecular complexity index is 805. The summed E-state index contributed by atoms with van der Waals surface area (Å²) < 4.78 is 2.43. The first-order valence-electron chi connectivity index (χ1n) is 8.37. The third-order valence-corrected chi connectivity index (χ3v) is 5.43. The highest BCUT2D eigenvalue weighted by Gasteiger charge is 2.35. The molecule has 2 aromatic rings. The Labute approximate surface area is 147 Å². The van der Waals surface area contributed by atoms with Crippen molar-refractivity contribution in [3.05, 3.63) is 46.0 Å². The van der Waals surface area contributed by atoms with Crippen LogP contribution in [0.5, 0.6) is 0 Å². The normalized spacial score (nSPS) is 18.9. The number of carbonyl (C=O) groups is 1. The Kier molecular flexibility index (Phi) is 4.58. The molecule has 0 saturated carbocycles. The number of nitrogens with one attached hydrogen (secondary N) is 2. The van der Waals surface area contributed by atoms with Gasteiger partial charge < -0.3 is 9.88 Å². The smallest absolute Gasteiger partial charge is 0.227 e. The Morgan fingerprint density at radius 1 is 1.46 bits per heavy atom. The van der Waals surface area contributed by atoms with Crippen molar-refractivity contribution in [2.45, 2.75) is 44.4 Å². The summed E-state index contributed by atoms with van der Waals surface area (Å²) in [7, 11) is 1.88. The van der Waals surface area contributed by atoms with Crippen molar-refractivity contribution >= 4 is 18.1 Å². The van der Waals surface area contributed by atoms with Crippen LogP contribution in [0.1, 0.15) is 49.6 Å². The first-order valence-corrected chi connectivity index (χ1v) is 8.78. The van der Waals surface area contributed by atoms with E-state index in [0.717, 1.165) is 18.7 Å². The molecule has 0 radical (unpaired) electrons. The van der Waals surface area contributed by atoms with E-state index in [9.17, 15) is 4.79 Å². The molecule has 1 aliphatic carbocycles. The van der Waals surface area contributed by atoms with Crippen LogP contribution < -0.4 is 5.32 Å². The van der Waals surface area contributed by atoms with E-state index in [1.165, 1.54) is 11.1 Å². The molecule has 1 atom stereocenters. The van der Waals surface area contributed by atoms with Gasteiger partial charge in [-0.3, -0.25) is 9.89 Å². The van der Waals surface area contributed by atoms with Gasteiger partial charge >= 0.3 is 0 Å². The second kappa shape index (κ2) is 6.51. The van der Waals surface area contributed by atoms with Crippen LogP contribution in [0.2, 0.25) is 0 Å². The lowest BCUT2D eigenvalue weighted by molar-refractivity contribution is -0.122. The van der Waals surface area contributed by atoms with Gasteiger partial charge in [0.05, 0.1) is 5.92 Å². The van der Waals surface area contributed by atoms with E-state index >= 15 is 0 Å². The molecule has 0 saturated heterocycles. The topological polar surface area (TPSA) is 62.7 Å². The molecule has 3 rings (SSSR count). The van der Waals surface area contributed by atoms with Crippen LogP contribution in [0.3, 0.4) is 0 Å². The van der Waals surface area contributed by atoms with Crippen molar-refractivity contribution in [3.63, 3.8) is 0 Å². The van der Waals surface area contributed by atoms with Gasteiger partial charge in [-0.25, -0.2) is 0 Å². The maximum Gasteiger partial charge on any atom is 0.227 e. The van der Waals surface area contributed by atoms with Crippen molar-refractivity contribution in [1.29, 1.82) is 0 Å². The van der Waals surface area contributed by atoms with Gasteiger partial charge in [0.25, 0.3) is 0 Å². The summed E-state index contributed by atoms with van der Waals surface area (Å²) in [6.07, 6.45) is 2.58. The molecule has 5 nitrogen and oxygen atoms in total. The zero-order chi connectivity index (χ0) is 17.3. The average Bonchev–Trinajstić information content (AvgIpc) is 2.87. The summed E-state index contributed by atoms with van der Waals surface area (Å²) in [6, 6.07) is 8.33. The maximum atomic E-state index is 12.7. The second-order valence-corrected chi connectivity index (χ2v) is 7.49. The molecular formula is C18H24N4OS. The minimum absolute atomic E-state index is 0.0586. The number of hydrogen-bond donors (Lipinski definition) is 2. The lowest BCUT2D eigenvalue weighted by Gasteiger charge is -2.36. The van der Waals surface area contributed by atoms with Crippen LogP contribution in [0, 0.1) is 4.77 Å². The van der Waals surface area contributed by atoms with E-state index in [1.807, 2.05) is 17.7 Å². The van der Waals surface area contributed by atoms with Crippen LogP contribution in [-0.2, 0) is 23.7 Å². The van der Waals surface area contributed by atoms with Gasteiger partial charge in [-0.2, -0.15) is 5.10 Å². The fraction of sp³-hybridized carbons (Fsp3) is 0.500. The van der Waals surface area contributed by atoms with Crippen LogP contribution in [0.25, 0.3) is 0 Å². The zero-order valence-electron chi connectivity index (χ0n) is 14.4. The summed E-state index contributed by atoms with van der Waals surface area (Å²) in [5.74, 6) is 0.900. The molecule has 128 valence electrons. The molecule has 2 N–H and O–H groups in total. The summed E-state index contributed by atoms with van der Waals surface area (Å²) in [4.78, 5) is 12.7. The molecule has 1 aromatic heterocycles. The van der Waals surface area contributed by atoms with Gasteiger partial charge in [-0.15, -0.1) is 0 Å². The minimum atomic E-state index is -0.0586. The third-order valence-electron chi connectivity index (χ3n) is 5.06. The van der Waals surface area contributed by atoms with Crippen LogP contribution in [0.4, 0.5) is 0 Å². The first kappa shape index (κ1) is 16.9. The summed E-state index contributed by atoms with van der Waals surface area (Å²) in [5, 5.41) is 10.0. The fourth-order valence-corrected chi connectivity index (χ4v) is 3.66. The number of nitrogens with zero attached hydrogens (tertiary/aromatic N) is 2. The van der Waals surface area contributed by atoms with E-state index in [-0.39, 0.29) is 17.2 Å². The highest BCUT2D eigenvalue weighted by Crippen LogP contribution is 2.42. The molecule has 6 heteroatoms. The molecule has 1 aliphatic rings. The van der Waals surface area contributed by atoms with Gasteiger partial charge in [-0.1, -0.05) is 38.1 Å². The molecule has 24 heavy (non-hydrogen) atoms. The molecular weight excluding hydrogens is 320 g/mol. The summed E-state index contributed by atoms with van der Waals surface area (Å²) in [6.45, 7) is 5.07. The fourth-order valence-electron chi connectivity index (χ4n) is 3.51. The van der Waals surface area contributed by atoms with Crippen molar-refractivity contribution < 1.29 is 4.79 Å². The Hall–Kier alpha value is -1.95. The number of amides is 1. The van der Waals surface area contributed by atoms with Gasteiger partial charge in [0.15, 0.2) is 4.77 Å². The maximum absolute atomic E-state index is 12.7. The largest absolute Gasteiger partial charge is 0.355 e. The first-order chi connectivity index (χ1) is 11.4. The lowest BCUT2D eigenvalue weighted by Crippen LogP contribution is -2.36. The number of carbonyl (C=O) groups excluding carboxylic acids is 1. The van der Waals surface area contributed by atoms with Gasteiger partial charge in [0.1, 0.15) is 5.82 Å². The number of aromatic amines is 1. The SMILES string of the molecule is Cn1c(CCNC(=O)[C@@H]2CCC(C)(C)c3ccccc32)n[nH]c1=S. The Morgan fingerprint density at radius 3 is 2.92 bits per heavy atom. The van der Waals surface area contributed by atoms with E-state index in [4.69, 9.17) is 12.2 Å². The Balaban J connectivity index is 1.67. The molecule has 0 fully saturated rings. The third kappa shape index (κ3) is 3.15. The van der Waals surface area contributed by atoms with Gasteiger partial charge in [-0.05, 0) is 41.6 Å². The molecule has 0 bridgehead atoms. The highest BCUT2D eigenvalue weighted by molar-refractivity contribution is 7.71. The molecule has 0 aliphatic heterocycles. The van der Waals surface area contributed by atoms with Crippen LogP contribution in [0.15, 0.2) is 24.3 Å². The van der Waals surface area contributed by atoms with Gasteiger partial charge in [0.2, 0.25) is 5.91 Å². The van der Waals surface area contributed by atoms with E-state index in [1.54, 1.807) is 0 Å². The number of H-pyrrole nitrogens is 1. The van der Waals surface area contributed by atoms with Crippen molar-refractivity contribution in [2.24, 2.45) is 7.05 Å². The predicted molar refractivity (Wildman–Crippen MR) is 96.5 cm³/mol. The minimum Gasteiger partial charge on any atom is -0.355 e. The van der Waals surface area contributed by atoms with Crippen LogP contribution >= 0.6 is 12.2 Å². The standard InChI is InChI=1S/C18H24N4OS/c1-18(2)10-8-13(12-6-4-5-7-14(12)18)16(23)19-11-9-15-20-21-17(24)22(15)3/h4-7,13H,8-11H2,1-3H3,(H,19,23)(H,21,24)/t13-/m1/s1. The number of rotatable bonds is 4. The van der Waals surface area contributed by atoms with E-state index < -0.39 is 0 Å². The number of benzene rings is 1. The molecule has 1 amide bonds. The van der Waals surface area contributed by atoms with Gasteiger partial charge in [0, 0.05) is 20.0 Å². The Morgan fingerprint density at radius 2 is 2.21 bits per heavy atom. The molecule has 0 spiro atoms. The quantitative estimate of drug-likeness (QED) is 0.838. The number of aromatic nitrogens is 3. The lowest BCUT2D eigenvalue weighted by atomic mass is 9.68. The predicted octanol–water partition coefficient (Wildman–Crippen LogP) is 2.99. The highest BCUT2D eigenvalue weighted by atomic mass is 32.1. The molecule has 1 aromatic carbocycles.